The van der Waals surface area contributed by atoms with Crippen LogP contribution in [-0.4, -0.2) is 122 Å². The predicted molar refractivity (Wildman–Crippen MR) is 257 cm³/mol. The highest BCUT2D eigenvalue weighted by Gasteiger charge is 2.78. The summed E-state index contributed by atoms with van der Waals surface area (Å²) in [7, 11) is 5.09. The van der Waals surface area contributed by atoms with E-state index in [-0.39, 0.29) is 31.1 Å². The molecule has 1 saturated carbocycles. The zero-order valence-corrected chi connectivity index (χ0v) is 40.1. The van der Waals surface area contributed by atoms with Gasteiger partial charge in [0.2, 0.25) is 0 Å². The number of benzene rings is 3. The van der Waals surface area contributed by atoms with Gasteiger partial charge in [0.25, 0.3) is 0 Å². The van der Waals surface area contributed by atoms with Gasteiger partial charge in [0.05, 0.1) is 26.8 Å². The molecular weight excluding hydrogens is 870 g/mol. The van der Waals surface area contributed by atoms with Crippen LogP contribution in [0.25, 0.3) is 10.9 Å². The number of likely N-dealkylation sites (N-methyl/N-ethyl adjacent to an activating group) is 1. The molecule has 1 amide bonds. The summed E-state index contributed by atoms with van der Waals surface area (Å²) in [6.07, 6.45) is 8.10. The molecule has 1 aromatic heterocycles. The number of aromatic amines is 1. The topological polar surface area (TPSA) is 146 Å². The molecule has 1 saturated heterocycles. The Bertz CT molecular complexity index is 2680. The lowest BCUT2D eigenvalue weighted by molar-refractivity contribution is -0.217. The van der Waals surface area contributed by atoms with Gasteiger partial charge in [-0.25, -0.2) is 4.79 Å². The van der Waals surface area contributed by atoms with E-state index in [0.717, 1.165) is 71.5 Å². The molecule has 0 radical (unpaired) electrons. The molecule has 3 N–H and O–H groups in total. The standard InChI is InChI=1S/C53H62ClN5O8/c1-7-33-24-35-27-52(48(61)65-6,44-38(18-22-58(28-33)29-35)37-12-9-10-13-41(37)56-44)40-25-39-42(26-43(40)64-5)57(4)46-51(39)20-23-59-21-11-19-50(8-2,45(51)59)47(67-32(3)60)53(46,63)31-55-49(62)66-30-34-14-16-36(54)17-15-34/h9-17,19,24-26,35,45-47,56,63H,7-8,18,20-23,27-31H2,1-6H3,(H,55,62)/t35-,45-,46+,47+,50+,51+,52-,53?/m0/s1. The minimum atomic E-state index is -1.87. The number of carbonyl (C=O) groups is 3. The van der Waals surface area contributed by atoms with Crippen LogP contribution in [0.4, 0.5) is 10.5 Å². The van der Waals surface area contributed by atoms with E-state index in [0.29, 0.717) is 48.7 Å². The molecule has 2 bridgehead atoms. The lowest BCUT2D eigenvalue weighted by atomic mass is 9.47. The molecule has 4 aromatic rings. The van der Waals surface area contributed by atoms with Gasteiger partial charge in [0.1, 0.15) is 29.5 Å². The van der Waals surface area contributed by atoms with Crippen LogP contribution in [0, 0.1) is 11.3 Å². The Morgan fingerprint density at radius 3 is 2.54 bits per heavy atom. The second-order valence-corrected chi connectivity index (χ2v) is 20.2. The highest BCUT2D eigenvalue weighted by molar-refractivity contribution is 6.30. The van der Waals surface area contributed by atoms with E-state index < -0.39 is 46.1 Å². The first-order chi connectivity index (χ1) is 32.3. The smallest absolute Gasteiger partial charge is 0.407 e. The number of anilines is 1. The molecular formula is C53H62ClN5O8. The lowest BCUT2D eigenvalue weighted by Crippen LogP contribution is -2.81. The normalized spacial score (nSPS) is 31.6. The van der Waals surface area contributed by atoms with Crippen molar-refractivity contribution in [3.63, 3.8) is 0 Å². The fraction of sp³-hybridized carbons (Fsp3) is 0.491. The lowest BCUT2D eigenvalue weighted by Gasteiger charge is -2.64. The zero-order valence-electron chi connectivity index (χ0n) is 39.3. The Morgan fingerprint density at radius 1 is 1.01 bits per heavy atom. The number of fused-ring (bicyclic) bond motifs is 6. The molecule has 9 atom stereocenters. The molecule has 1 aliphatic carbocycles. The van der Waals surface area contributed by atoms with Crippen molar-refractivity contribution in [3.05, 3.63) is 117 Å². The SMILES string of the molecule is CCC1=C[C@@H]2CN(CCc3c([nH]c4ccccc34)[C@@](C(=O)OC)(c3cc4c(cc3OC)N(C)[C@H]3C(O)(CNC(=O)OCc5ccc(Cl)cc5)[C@H](OC(C)=O)[C@]5(CC)C=CCN6CC[C@]43[C@@H]65)C2)C1. The Balaban J connectivity index is 1.18. The third kappa shape index (κ3) is 6.84. The molecule has 14 heteroatoms. The number of carbonyl (C=O) groups excluding carboxylic acids is 3. The largest absolute Gasteiger partial charge is 0.496 e. The van der Waals surface area contributed by atoms with Crippen LogP contribution in [0.3, 0.4) is 0 Å². The number of para-hydroxylation sites is 1. The number of ether oxygens (including phenoxy) is 4. The Hall–Kier alpha value is -5.34. The maximum atomic E-state index is 15.5. The van der Waals surface area contributed by atoms with E-state index in [1.54, 1.807) is 31.4 Å². The van der Waals surface area contributed by atoms with Gasteiger partial charge < -0.3 is 39.3 Å². The van der Waals surface area contributed by atoms with E-state index >= 15 is 4.79 Å². The number of rotatable bonds is 10. The second kappa shape index (κ2) is 17.0. The molecule has 1 spiro atoms. The number of nitrogens with zero attached hydrogens (tertiary/aromatic N) is 3. The summed E-state index contributed by atoms with van der Waals surface area (Å²) in [6.45, 7) is 9.28. The van der Waals surface area contributed by atoms with Gasteiger partial charge in [-0.05, 0) is 85.5 Å². The Kier molecular flexibility index (Phi) is 11.5. The molecule has 13 nitrogen and oxygen atoms in total. The zero-order chi connectivity index (χ0) is 47.0. The van der Waals surface area contributed by atoms with E-state index in [9.17, 15) is 14.7 Å². The predicted octanol–water partition coefficient (Wildman–Crippen LogP) is 7.20. The number of amides is 1. The number of aliphatic hydroxyl groups is 1. The summed E-state index contributed by atoms with van der Waals surface area (Å²) in [5.41, 5.74) is 2.54. The Morgan fingerprint density at radius 2 is 1.81 bits per heavy atom. The molecule has 354 valence electrons. The summed E-state index contributed by atoms with van der Waals surface area (Å²) in [5.74, 6) is -0.376. The van der Waals surface area contributed by atoms with E-state index in [1.807, 2.05) is 19.2 Å². The van der Waals surface area contributed by atoms with Crippen LogP contribution in [-0.2, 0) is 47.7 Å². The second-order valence-electron chi connectivity index (χ2n) is 19.7. The van der Waals surface area contributed by atoms with Gasteiger partial charge in [-0.1, -0.05) is 79.6 Å². The van der Waals surface area contributed by atoms with Crippen LogP contribution in [0.1, 0.15) is 74.4 Å². The Labute approximate surface area is 397 Å². The molecule has 6 heterocycles. The number of esters is 2. The van der Waals surface area contributed by atoms with Gasteiger partial charge in [0.15, 0.2) is 0 Å². The summed E-state index contributed by atoms with van der Waals surface area (Å²) in [6, 6.07) is 18.6. The minimum absolute atomic E-state index is 0.0107. The van der Waals surface area contributed by atoms with Crippen LogP contribution in [0.5, 0.6) is 5.75 Å². The third-order valence-electron chi connectivity index (χ3n) is 16.5. The fourth-order valence-electron chi connectivity index (χ4n) is 14.0. The van der Waals surface area contributed by atoms with Crippen molar-refractivity contribution in [2.24, 2.45) is 11.3 Å². The highest BCUT2D eigenvalue weighted by atomic mass is 35.5. The van der Waals surface area contributed by atoms with Gasteiger partial charge in [0, 0.05) is 96.0 Å². The van der Waals surface area contributed by atoms with Crippen molar-refractivity contribution < 1.29 is 38.4 Å². The van der Waals surface area contributed by atoms with Crippen molar-refractivity contribution in [1.29, 1.82) is 0 Å². The number of methoxy groups -OCH3 is 2. The highest BCUT2D eigenvalue weighted by Crippen LogP contribution is 2.68. The van der Waals surface area contributed by atoms with E-state index in [2.05, 4.69) is 81.3 Å². The quantitative estimate of drug-likeness (QED) is 0.0844. The van der Waals surface area contributed by atoms with E-state index in [1.165, 1.54) is 19.6 Å². The van der Waals surface area contributed by atoms with Crippen LogP contribution in [0.2, 0.25) is 5.02 Å². The molecule has 67 heavy (non-hydrogen) atoms. The molecule has 2 fully saturated rings. The number of hydrogen-bond donors (Lipinski definition) is 3. The third-order valence-corrected chi connectivity index (χ3v) is 16.7. The molecule has 3 aromatic carbocycles. The average molecular weight is 933 g/mol. The van der Waals surface area contributed by atoms with Gasteiger partial charge in [-0.15, -0.1) is 0 Å². The minimum Gasteiger partial charge on any atom is -0.496 e. The molecule has 2 unspecified atom stereocenters. The average Bonchev–Trinajstić information content (AvgIpc) is 4.00. The van der Waals surface area contributed by atoms with E-state index in [4.69, 9.17) is 30.5 Å². The number of alkyl carbamates (subject to hydrolysis) is 1. The van der Waals surface area contributed by atoms with Crippen molar-refractivity contribution in [1.82, 2.24) is 20.1 Å². The summed E-state index contributed by atoms with van der Waals surface area (Å²) in [4.78, 5) is 53.4. The molecule has 5 aliphatic heterocycles. The summed E-state index contributed by atoms with van der Waals surface area (Å²) >= 11 is 6.11. The first-order valence-electron chi connectivity index (χ1n) is 23.8. The van der Waals surface area contributed by atoms with Crippen molar-refractivity contribution in [2.45, 2.75) is 94.1 Å². The van der Waals surface area contributed by atoms with Gasteiger partial charge >= 0.3 is 18.0 Å². The number of H-pyrrole nitrogens is 1. The van der Waals surface area contributed by atoms with Gasteiger partial charge in [-0.3, -0.25) is 19.4 Å². The van der Waals surface area contributed by atoms with Crippen molar-refractivity contribution in [2.75, 3.05) is 65.4 Å². The van der Waals surface area contributed by atoms with Crippen LogP contribution < -0.4 is 15.0 Å². The number of aromatic nitrogens is 1. The number of halogens is 1. The van der Waals surface area contributed by atoms with Crippen molar-refractivity contribution >= 4 is 46.2 Å². The van der Waals surface area contributed by atoms with Gasteiger partial charge in [-0.2, -0.15) is 0 Å². The molecule has 10 rings (SSSR count). The maximum Gasteiger partial charge on any atom is 0.407 e. The monoisotopic (exact) mass is 931 g/mol. The first kappa shape index (κ1) is 45.4. The number of nitrogens with one attached hydrogen (secondary N) is 2. The van der Waals surface area contributed by atoms with Crippen LogP contribution in [0.15, 0.2) is 84.5 Å². The number of hydrogen-bond acceptors (Lipinski definition) is 11. The van der Waals surface area contributed by atoms with Crippen molar-refractivity contribution in [3.8, 4) is 5.75 Å². The first-order valence-corrected chi connectivity index (χ1v) is 24.2. The maximum absolute atomic E-state index is 15.5. The summed E-state index contributed by atoms with van der Waals surface area (Å²) < 4.78 is 24.6. The fourth-order valence-corrected chi connectivity index (χ4v) is 14.1. The van der Waals surface area contributed by atoms with Crippen LogP contribution >= 0.6 is 11.6 Å². The molecule has 6 aliphatic rings. The summed E-state index contributed by atoms with van der Waals surface area (Å²) in [5, 5.41) is 18.5.